The van der Waals surface area contributed by atoms with Crippen LogP contribution < -0.4 is 9.88 Å². The van der Waals surface area contributed by atoms with Gasteiger partial charge in [0.25, 0.3) is 0 Å². The van der Waals surface area contributed by atoms with Gasteiger partial charge in [-0.3, -0.25) is 0 Å². The average Bonchev–Trinajstić information content (AvgIpc) is 3.11. The molecule has 0 amide bonds. The van der Waals surface area contributed by atoms with Crippen LogP contribution in [0.25, 0.3) is 11.1 Å². The first-order valence-corrected chi connectivity index (χ1v) is 8.91. The number of rotatable bonds is 3. The lowest BCUT2D eigenvalue weighted by atomic mass is 10.1. The van der Waals surface area contributed by atoms with Crippen LogP contribution >= 0.6 is 11.6 Å². The van der Waals surface area contributed by atoms with Crippen molar-refractivity contribution in [3.63, 3.8) is 0 Å². The Kier molecular flexibility index (Phi) is 4.58. The Morgan fingerprint density at radius 2 is 1.80 bits per heavy atom. The molecule has 0 atom stereocenters. The van der Waals surface area contributed by atoms with Gasteiger partial charge in [-0.2, -0.15) is 9.78 Å². The number of hydrogen-bond donors (Lipinski definition) is 1. The van der Waals surface area contributed by atoms with E-state index in [0.717, 1.165) is 4.68 Å². The maximum Gasteiger partial charge on any atom is 0.440 e. The fourth-order valence-corrected chi connectivity index (χ4v) is 2.79. The quantitative estimate of drug-likeness (QED) is 0.755. The Bertz CT molecular complexity index is 1020. The highest BCUT2D eigenvalue weighted by atomic mass is 35.5. The van der Waals surface area contributed by atoms with Gasteiger partial charge in [-0.15, -0.1) is 0 Å². The number of carbonyl (C=O) groups is 1. The van der Waals surface area contributed by atoms with E-state index in [0.29, 0.717) is 11.1 Å². The molecule has 0 bridgehead atoms. The summed E-state index contributed by atoms with van der Waals surface area (Å²) in [5.74, 6) is 0.162. The summed E-state index contributed by atoms with van der Waals surface area (Å²) >= 11 is 6.07. The van der Waals surface area contributed by atoms with E-state index in [1.165, 1.54) is 24.5 Å². The molecule has 128 valence electrons. The van der Waals surface area contributed by atoms with Crippen molar-refractivity contribution in [2.45, 2.75) is 4.90 Å². The molecule has 1 heterocycles. The number of halogens is 1. The average molecular weight is 378 g/mol. The van der Waals surface area contributed by atoms with Gasteiger partial charge in [0.05, 0.1) is 9.92 Å². The minimum atomic E-state index is -3.76. The van der Waals surface area contributed by atoms with Gasteiger partial charge < -0.3 is 4.74 Å². The molecule has 0 aliphatic carbocycles. The van der Waals surface area contributed by atoms with Gasteiger partial charge in [0, 0.05) is 12.4 Å². The van der Waals surface area contributed by atoms with E-state index in [1.54, 1.807) is 36.4 Å². The van der Waals surface area contributed by atoms with E-state index in [2.05, 4.69) is 5.10 Å². The number of carbonyl (C=O) groups excluding carboxylic acids is 1. The third-order valence-electron chi connectivity index (χ3n) is 3.34. The minimum absolute atomic E-state index is 0.00977. The Labute approximate surface area is 148 Å². The number of ether oxygens (including phenoxy) is 1. The molecule has 2 aromatic carbocycles. The second kappa shape index (κ2) is 6.67. The van der Waals surface area contributed by atoms with Crippen molar-refractivity contribution in [2.75, 3.05) is 0 Å². The van der Waals surface area contributed by atoms with Crippen LogP contribution in [0.1, 0.15) is 0 Å². The largest absolute Gasteiger partial charge is 0.440 e. The predicted molar refractivity (Wildman–Crippen MR) is 91.9 cm³/mol. The van der Waals surface area contributed by atoms with E-state index < -0.39 is 16.1 Å². The molecule has 0 saturated heterocycles. The summed E-state index contributed by atoms with van der Waals surface area (Å²) in [7, 11) is -3.76. The lowest BCUT2D eigenvalue weighted by molar-refractivity contribution is 0.199. The molecule has 1 aromatic heterocycles. The number of hydrogen-bond acceptors (Lipinski definition) is 5. The van der Waals surface area contributed by atoms with Gasteiger partial charge in [0.1, 0.15) is 0 Å². The first-order valence-electron chi connectivity index (χ1n) is 6.99. The predicted octanol–water partition coefficient (Wildman–Crippen LogP) is 2.90. The maximum atomic E-state index is 12.0. The summed E-state index contributed by atoms with van der Waals surface area (Å²) in [5, 5.41) is 9.12. The van der Waals surface area contributed by atoms with Crippen LogP contribution in [0.5, 0.6) is 5.75 Å². The highest BCUT2D eigenvalue weighted by Crippen LogP contribution is 2.31. The van der Waals surface area contributed by atoms with Crippen molar-refractivity contribution in [1.29, 1.82) is 0 Å². The Morgan fingerprint density at radius 1 is 1.12 bits per heavy atom. The SMILES string of the molecule is NS(=O)(=O)c1ccc(-c2ccc(Cl)c(OC(=O)n3cccn3)c2)cc1. The third kappa shape index (κ3) is 3.87. The molecule has 7 nitrogen and oxygen atoms in total. The number of nitrogens with zero attached hydrogens (tertiary/aromatic N) is 2. The van der Waals surface area contributed by atoms with Crippen LogP contribution in [-0.4, -0.2) is 24.3 Å². The smallest absolute Gasteiger partial charge is 0.407 e. The number of sulfonamides is 1. The molecule has 9 heteroatoms. The zero-order valence-electron chi connectivity index (χ0n) is 12.7. The maximum absolute atomic E-state index is 12.0. The topological polar surface area (TPSA) is 104 Å². The molecule has 0 aliphatic rings. The van der Waals surface area contributed by atoms with Crippen LogP contribution in [0, 0.1) is 0 Å². The van der Waals surface area contributed by atoms with Crippen molar-refractivity contribution < 1.29 is 17.9 Å². The van der Waals surface area contributed by atoms with Crippen LogP contribution in [0.3, 0.4) is 0 Å². The lowest BCUT2D eigenvalue weighted by Gasteiger charge is -2.09. The Morgan fingerprint density at radius 3 is 2.40 bits per heavy atom. The van der Waals surface area contributed by atoms with E-state index in [1.807, 2.05) is 0 Å². The molecule has 3 rings (SSSR count). The van der Waals surface area contributed by atoms with Gasteiger partial charge in [-0.05, 0) is 41.5 Å². The minimum Gasteiger partial charge on any atom is -0.407 e. The van der Waals surface area contributed by atoms with E-state index in [9.17, 15) is 13.2 Å². The Hall–Kier alpha value is -2.68. The van der Waals surface area contributed by atoms with Crippen LogP contribution in [-0.2, 0) is 10.0 Å². The number of primary sulfonamides is 1. The van der Waals surface area contributed by atoms with E-state index in [4.69, 9.17) is 21.5 Å². The zero-order valence-corrected chi connectivity index (χ0v) is 14.2. The van der Waals surface area contributed by atoms with Gasteiger partial charge in [-0.1, -0.05) is 29.8 Å². The molecule has 0 saturated carbocycles. The zero-order chi connectivity index (χ0) is 18.0. The molecule has 0 aliphatic heterocycles. The van der Waals surface area contributed by atoms with Gasteiger partial charge in [0.2, 0.25) is 10.0 Å². The monoisotopic (exact) mass is 377 g/mol. The van der Waals surface area contributed by atoms with Crippen molar-refractivity contribution in [3.8, 4) is 16.9 Å². The van der Waals surface area contributed by atoms with Crippen molar-refractivity contribution >= 4 is 27.7 Å². The summed E-state index contributed by atoms with van der Waals surface area (Å²) in [6, 6.07) is 12.5. The molecule has 3 aromatic rings. The second-order valence-electron chi connectivity index (χ2n) is 5.03. The van der Waals surface area contributed by atoms with Crippen molar-refractivity contribution in [1.82, 2.24) is 9.78 Å². The van der Waals surface area contributed by atoms with Crippen molar-refractivity contribution in [2.24, 2.45) is 5.14 Å². The van der Waals surface area contributed by atoms with Gasteiger partial charge >= 0.3 is 6.09 Å². The molecule has 25 heavy (non-hydrogen) atoms. The van der Waals surface area contributed by atoms with Crippen molar-refractivity contribution in [3.05, 3.63) is 65.9 Å². The molecule has 0 radical (unpaired) electrons. The third-order valence-corrected chi connectivity index (χ3v) is 4.58. The Balaban J connectivity index is 1.90. The van der Waals surface area contributed by atoms with Crippen LogP contribution in [0.15, 0.2) is 65.8 Å². The molecular formula is C16H12ClN3O4S. The second-order valence-corrected chi connectivity index (χ2v) is 7.00. The molecule has 0 unspecified atom stereocenters. The fourth-order valence-electron chi connectivity index (χ4n) is 2.12. The lowest BCUT2D eigenvalue weighted by Crippen LogP contribution is -2.17. The van der Waals surface area contributed by atoms with Gasteiger partial charge in [0.15, 0.2) is 5.75 Å². The molecule has 0 fully saturated rings. The molecule has 0 spiro atoms. The highest BCUT2D eigenvalue weighted by molar-refractivity contribution is 7.89. The summed E-state index contributed by atoms with van der Waals surface area (Å²) in [4.78, 5) is 12.0. The fraction of sp³-hybridized carbons (Fsp3) is 0. The highest BCUT2D eigenvalue weighted by Gasteiger charge is 2.13. The standard InChI is InChI=1S/C16H12ClN3O4S/c17-14-7-4-12(11-2-5-13(6-3-11)25(18,22)23)10-15(14)24-16(21)20-9-1-8-19-20/h1-10H,(H2,18,22,23). The summed E-state index contributed by atoms with van der Waals surface area (Å²) in [5.41, 5.74) is 1.40. The first-order chi connectivity index (χ1) is 11.8. The normalized spacial score (nSPS) is 11.3. The number of aromatic nitrogens is 2. The summed E-state index contributed by atoms with van der Waals surface area (Å²) < 4.78 is 28.9. The van der Waals surface area contributed by atoms with E-state index >= 15 is 0 Å². The summed E-state index contributed by atoms with van der Waals surface area (Å²) in [6.07, 6.45) is 2.20. The van der Waals surface area contributed by atoms with Crippen LogP contribution in [0.4, 0.5) is 4.79 Å². The van der Waals surface area contributed by atoms with Crippen LogP contribution in [0.2, 0.25) is 5.02 Å². The molecular weight excluding hydrogens is 366 g/mol. The number of benzene rings is 2. The first kappa shape index (κ1) is 17.2. The summed E-state index contributed by atoms with van der Waals surface area (Å²) in [6.45, 7) is 0. The number of nitrogens with two attached hydrogens (primary N) is 1. The molecule has 2 N–H and O–H groups in total. The van der Waals surface area contributed by atoms with E-state index in [-0.39, 0.29) is 15.7 Å². The van der Waals surface area contributed by atoms with Gasteiger partial charge in [-0.25, -0.2) is 18.4 Å².